The Morgan fingerprint density at radius 3 is 3.13 bits per heavy atom. The number of nitrogens with two attached hydrogens (primary N) is 1. The number of aliphatic hydroxyl groups excluding tert-OH is 1. The van der Waals surface area contributed by atoms with Gasteiger partial charge in [-0.3, -0.25) is 5.10 Å². The Kier molecular flexibility index (Phi) is 3.15. The largest absolute Gasteiger partial charge is 0.395 e. The summed E-state index contributed by atoms with van der Waals surface area (Å²) < 4.78 is 0. The first-order chi connectivity index (χ1) is 7.31. The minimum Gasteiger partial charge on any atom is -0.395 e. The molecule has 4 N–H and O–H groups in total. The second-order valence-corrected chi connectivity index (χ2v) is 4.34. The van der Waals surface area contributed by atoms with E-state index in [2.05, 4.69) is 10.2 Å². The molecule has 0 bridgehead atoms. The van der Waals surface area contributed by atoms with E-state index in [0.29, 0.717) is 6.42 Å². The fraction of sp³-hybridized carbons (Fsp3) is 0.300. The van der Waals surface area contributed by atoms with Crippen molar-refractivity contribution < 1.29 is 5.11 Å². The Morgan fingerprint density at radius 1 is 1.60 bits per heavy atom. The van der Waals surface area contributed by atoms with E-state index in [9.17, 15) is 0 Å². The molecular weight excluding hydrogens is 210 g/mol. The van der Waals surface area contributed by atoms with Gasteiger partial charge in [0.2, 0.25) is 0 Å². The first-order valence-corrected chi connectivity index (χ1v) is 5.61. The molecule has 0 aliphatic heterocycles. The van der Waals surface area contributed by atoms with Gasteiger partial charge in [-0.05, 0) is 17.9 Å². The van der Waals surface area contributed by atoms with Crippen molar-refractivity contribution in [2.75, 3.05) is 6.61 Å². The number of H-pyrrole nitrogens is 1. The van der Waals surface area contributed by atoms with Crippen molar-refractivity contribution in [3.8, 4) is 10.6 Å². The van der Waals surface area contributed by atoms with Crippen LogP contribution in [0.5, 0.6) is 0 Å². The number of aromatic nitrogens is 2. The standard InChI is InChI=1S/C10H13N3OS/c11-8(6-14)4-7-5-12-13-10(7)9-2-1-3-15-9/h1-3,5,8,14H,4,6,11H2,(H,12,13). The molecule has 0 fully saturated rings. The summed E-state index contributed by atoms with van der Waals surface area (Å²) in [7, 11) is 0. The maximum Gasteiger partial charge on any atom is 0.0782 e. The van der Waals surface area contributed by atoms with Gasteiger partial charge in [-0.2, -0.15) is 5.10 Å². The molecule has 0 saturated heterocycles. The first kappa shape index (κ1) is 10.4. The minimum absolute atomic E-state index is 0.00490. The number of rotatable bonds is 4. The SMILES string of the molecule is NC(CO)Cc1cn[nH]c1-c1cccs1. The highest BCUT2D eigenvalue weighted by molar-refractivity contribution is 7.13. The average molecular weight is 223 g/mol. The molecule has 15 heavy (non-hydrogen) atoms. The monoisotopic (exact) mass is 223 g/mol. The lowest BCUT2D eigenvalue weighted by Crippen LogP contribution is -2.26. The molecule has 2 aromatic rings. The number of nitrogens with one attached hydrogen (secondary N) is 1. The lowest BCUT2D eigenvalue weighted by molar-refractivity contribution is 0.265. The van der Waals surface area contributed by atoms with Gasteiger partial charge in [0.1, 0.15) is 0 Å². The predicted octanol–water partition coefficient (Wildman–Crippen LogP) is 1.00. The zero-order valence-corrected chi connectivity index (χ0v) is 9.00. The third kappa shape index (κ3) is 2.26. The fourth-order valence-corrected chi connectivity index (χ4v) is 2.20. The second kappa shape index (κ2) is 4.57. The lowest BCUT2D eigenvalue weighted by Gasteiger charge is -2.06. The summed E-state index contributed by atoms with van der Waals surface area (Å²) in [6.07, 6.45) is 2.41. The molecule has 0 spiro atoms. The molecular formula is C10H13N3OS. The molecule has 0 aromatic carbocycles. The van der Waals surface area contributed by atoms with Crippen molar-refractivity contribution in [2.45, 2.75) is 12.5 Å². The van der Waals surface area contributed by atoms with E-state index < -0.39 is 0 Å². The van der Waals surface area contributed by atoms with Crippen LogP contribution in [0.2, 0.25) is 0 Å². The molecule has 80 valence electrons. The third-order valence-corrected chi connectivity index (χ3v) is 3.09. The molecule has 1 unspecified atom stereocenters. The van der Waals surface area contributed by atoms with Gasteiger partial charge in [0.05, 0.1) is 23.4 Å². The Morgan fingerprint density at radius 2 is 2.47 bits per heavy atom. The van der Waals surface area contributed by atoms with Crippen molar-refractivity contribution in [3.63, 3.8) is 0 Å². The minimum atomic E-state index is -0.221. The van der Waals surface area contributed by atoms with Crippen LogP contribution in [0.3, 0.4) is 0 Å². The number of hydrogen-bond acceptors (Lipinski definition) is 4. The zero-order valence-electron chi connectivity index (χ0n) is 8.18. The van der Waals surface area contributed by atoms with E-state index in [0.717, 1.165) is 16.1 Å². The Hall–Kier alpha value is -1.17. The zero-order chi connectivity index (χ0) is 10.7. The Bertz CT molecular complexity index is 410. The molecule has 4 nitrogen and oxygen atoms in total. The van der Waals surface area contributed by atoms with E-state index in [1.165, 1.54) is 0 Å². The lowest BCUT2D eigenvalue weighted by atomic mass is 10.1. The van der Waals surface area contributed by atoms with Crippen LogP contribution in [0, 0.1) is 0 Å². The summed E-state index contributed by atoms with van der Waals surface area (Å²) >= 11 is 1.65. The summed E-state index contributed by atoms with van der Waals surface area (Å²) in [5, 5.41) is 17.9. The second-order valence-electron chi connectivity index (χ2n) is 3.39. The van der Waals surface area contributed by atoms with Gasteiger partial charge in [0.15, 0.2) is 0 Å². The Balaban J connectivity index is 2.23. The molecule has 2 aromatic heterocycles. The summed E-state index contributed by atoms with van der Waals surface area (Å²) in [4.78, 5) is 1.15. The van der Waals surface area contributed by atoms with Gasteiger partial charge < -0.3 is 10.8 Å². The average Bonchev–Trinajstić information content (AvgIpc) is 2.86. The van der Waals surface area contributed by atoms with Crippen molar-refractivity contribution in [1.29, 1.82) is 0 Å². The fourth-order valence-electron chi connectivity index (χ4n) is 1.45. The molecule has 0 saturated carbocycles. The van der Waals surface area contributed by atoms with Crippen LogP contribution in [0.15, 0.2) is 23.7 Å². The van der Waals surface area contributed by atoms with Crippen LogP contribution in [-0.2, 0) is 6.42 Å². The van der Waals surface area contributed by atoms with Gasteiger partial charge in [0.25, 0.3) is 0 Å². The summed E-state index contributed by atoms with van der Waals surface area (Å²) in [5.41, 5.74) is 7.76. The molecule has 1 atom stereocenters. The predicted molar refractivity (Wildman–Crippen MR) is 60.7 cm³/mol. The van der Waals surface area contributed by atoms with Gasteiger partial charge in [-0.25, -0.2) is 0 Å². The number of thiophene rings is 1. The highest BCUT2D eigenvalue weighted by atomic mass is 32.1. The van der Waals surface area contributed by atoms with E-state index in [1.54, 1.807) is 17.5 Å². The Labute approximate surface area is 91.8 Å². The van der Waals surface area contributed by atoms with Gasteiger partial charge in [0, 0.05) is 11.6 Å². The molecule has 5 heteroatoms. The molecule has 2 rings (SSSR count). The van der Waals surface area contributed by atoms with Crippen molar-refractivity contribution in [1.82, 2.24) is 10.2 Å². The number of hydrogen-bond donors (Lipinski definition) is 3. The van der Waals surface area contributed by atoms with Crippen molar-refractivity contribution in [2.24, 2.45) is 5.73 Å². The molecule has 2 heterocycles. The quantitative estimate of drug-likeness (QED) is 0.724. The van der Waals surface area contributed by atoms with E-state index in [1.807, 2.05) is 17.5 Å². The van der Waals surface area contributed by atoms with Crippen LogP contribution in [0.4, 0.5) is 0 Å². The van der Waals surface area contributed by atoms with Crippen LogP contribution in [-0.4, -0.2) is 28.0 Å². The molecule has 0 radical (unpaired) electrons. The third-order valence-electron chi connectivity index (χ3n) is 2.20. The first-order valence-electron chi connectivity index (χ1n) is 4.74. The molecule has 0 aliphatic carbocycles. The number of aliphatic hydroxyl groups is 1. The summed E-state index contributed by atoms with van der Waals surface area (Å²) in [6, 6.07) is 3.81. The maximum absolute atomic E-state index is 8.90. The summed E-state index contributed by atoms with van der Waals surface area (Å²) in [6.45, 7) is -0.00490. The van der Waals surface area contributed by atoms with Crippen LogP contribution >= 0.6 is 11.3 Å². The van der Waals surface area contributed by atoms with E-state index in [4.69, 9.17) is 10.8 Å². The molecule has 0 amide bonds. The van der Waals surface area contributed by atoms with Crippen LogP contribution in [0.1, 0.15) is 5.56 Å². The van der Waals surface area contributed by atoms with Gasteiger partial charge in [-0.1, -0.05) is 6.07 Å². The molecule has 0 aliphatic rings. The van der Waals surface area contributed by atoms with Crippen molar-refractivity contribution in [3.05, 3.63) is 29.3 Å². The highest BCUT2D eigenvalue weighted by Gasteiger charge is 2.11. The van der Waals surface area contributed by atoms with Crippen LogP contribution < -0.4 is 5.73 Å². The van der Waals surface area contributed by atoms with Crippen molar-refractivity contribution >= 4 is 11.3 Å². The highest BCUT2D eigenvalue weighted by Crippen LogP contribution is 2.26. The number of nitrogens with zero attached hydrogens (tertiary/aromatic N) is 1. The van der Waals surface area contributed by atoms with E-state index >= 15 is 0 Å². The normalized spacial score (nSPS) is 12.9. The smallest absolute Gasteiger partial charge is 0.0782 e. The van der Waals surface area contributed by atoms with E-state index in [-0.39, 0.29) is 12.6 Å². The van der Waals surface area contributed by atoms with Crippen LogP contribution in [0.25, 0.3) is 10.6 Å². The topological polar surface area (TPSA) is 74.9 Å². The van der Waals surface area contributed by atoms with Gasteiger partial charge >= 0.3 is 0 Å². The number of aromatic amines is 1. The summed E-state index contributed by atoms with van der Waals surface area (Å²) in [5.74, 6) is 0. The maximum atomic E-state index is 8.90. The van der Waals surface area contributed by atoms with Gasteiger partial charge in [-0.15, -0.1) is 11.3 Å².